The van der Waals surface area contributed by atoms with E-state index in [1.165, 1.54) is 24.3 Å². The molecule has 0 unspecified atom stereocenters. The molecule has 1 amide bonds. The quantitative estimate of drug-likeness (QED) is 0.720. The minimum atomic E-state index is -4.78. The summed E-state index contributed by atoms with van der Waals surface area (Å²) in [6.45, 7) is 3.99. The predicted molar refractivity (Wildman–Crippen MR) is 99.3 cm³/mol. The smallest absolute Gasteiger partial charge is 0.492 e. The van der Waals surface area contributed by atoms with E-state index in [-0.39, 0.29) is 17.9 Å². The highest BCUT2D eigenvalue weighted by molar-refractivity contribution is 5.92. The van der Waals surface area contributed by atoms with Crippen molar-refractivity contribution in [3.63, 3.8) is 0 Å². The standard InChI is InChI=1S/C20H16F3N3O3/c1-11(19(25)27)10-26-17-8-15(18-14(6-7-28-18)16(17)9-24)12-2-4-13(5-3-12)29-20(21,22)23/h2-5,8,26H,1,6-7,10H2,(H2,25,27). The number of fused-ring (bicyclic) bond motifs is 1. The van der Waals surface area contributed by atoms with Gasteiger partial charge in [-0.2, -0.15) is 5.26 Å². The van der Waals surface area contributed by atoms with E-state index < -0.39 is 12.3 Å². The van der Waals surface area contributed by atoms with Crippen molar-refractivity contribution in [1.82, 2.24) is 0 Å². The topological polar surface area (TPSA) is 97.4 Å². The van der Waals surface area contributed by atoms with Gasteiger partial charge in [0.15, 0.2) is 0 Å². The van der Waals surface area contributed by atoms with Crippen LogP contribution in [0.1, 0.15) is 11.1 Å². The summed E-state index contributed by atoms with van der Waals surface area (Å²) in [5.41, 5.74) is 8.01. The van der Waals surface area contributed by atoms with Gasteiger partial charge in [-0.05, 0) is 23.8 Å². The number of nitriles is 1. The number of alkyl halides is 3. The van der Waals surface area contributed by atoms with Crippen molar-refractivity contribution >= 4 is 11.6 Å². The Balaban J connectivity index is 1.99. The van der Waals surface area contributed by atoms with E-state index >= 15 is 0 Å². The highest BCUT2D eigenvalue weighted by atomic mass is 19.4. The molecule has 150 valence electrons. The number of carbonyl (C=O) groups is 1. The Labute approximate surface area is 164 Å². The fourth-order valence-corrected chi connectivity index (χ4v) is 2.99. The van der Waals surface area contributed by atoms with E-state index in [0.29, 0.717) is 46.7 Å². The van der Waals surface area contributed by atoms with Gasteiger partial charge in [0.25, 0.3) is 0 Å². The van der Waals surface area contributed by atoms with E-state index in [1.54, 1.807) is 6.07 Å². The lowest BCUT2D eigenvalue weighted by atomic mass is 9.95. The van der Waals surface area contributed by atoms with Gasteiger partial charge in [0.05, 0.1) is 17.9 Å². The van der Waals surface area contributed by atoms with Crippen molar-refractivity contribution in [2.45, 2.75) is 12.8 Å². The van der Waals surface area contributed by atoms with E-state index in [9.17, 15) is 23.2 Å². The zero-order chi connectivity index (χ0) is 21.2. The molecule has 0 aliphatic carbocycles. The number of nitrogens with two attached hydrogens (primary N) is 1. The van der Waals surface area contributed by atoms with Crippen LogP contribution >= 0.6 is 0 Å². The number of benzene rings is 2. The molecule has 0 bridgehead atoms. The summed E-state index contributed by atoms with van der Waals surface area (Å²) < 4.78 is 46.7. The Hall–Kier alpha value is -3.67. The molecule has 6 nitrogen and oxygen atoms in total. The molecule has 1 aliphatic heterocycles. The van der Waals surface area contributed by atoms with Crippen LogP contribution < -0.4 is 20.5 Å². The normalized spacial score (nSPS) is 12.5. The largest absolute Gasteiger partial charge is 0.573 e. The third-order valence-corrected chi connectivity index (χ3v) is 4.33. The number of primary amides is 1. The van der Waals surface area contributed by atoms with Gasteiger partial charge in [0.2, 0.25) is 5.91 Å². The molecule has 1 aliphatic rings. The summed E-state index contributed by atoms with van der Waals surface area (Å²) >= 11 is 0. The van der Waals surface area contributed by atoms with Crippen LogP contribution in [0.25, 0.3) is 11.1 Å². The number of rotatable bonds is 6. The molecule has 0 saturated heterocycles. The summed E-state index contributed by atoms with van der Waals surface area (Å²) in [7, 11) is 0. The maximum atomic E-state index is 12.4. The van der Waals surface area contributed by atoms with Crippen LogP contribution in [0.4, 0.5) is 18.9 Å². The Morgan fingerprint density at radius 1 is 1.34 bits per heavy atom. The van der Waals surface area contributed by atoms with Crippen molar-refractivity contribution < 1.29 is 27.4 Å². The van der Waals surface area contributed by atoms with Crippen LogP contribution in [0.3, 0.4) is 0 Å². The number of hydrogen-bond donors (Lipinski definition) is 2. The van der Waals surface area contributed by atoms with Gasteiger partial charge in [-0.25, -0.2) is 0 Å². The molecular weight excluding hydrogens is 387 g/mol. The molecule has 2 aromatic rings. The molecule has 0 saturated carbocycles. The summed E-state index contributed by atoms with van der Waals surface area (Å²) in [6, 6.07) is 9.11. The molecule has 29 heavy (non-hydrogen) atoms. The third kappa shape index (κ3) is 4.43. The minimum Gasteiger partial charge on any atom is -0.492 e. The summed E-state index contributed by atoms with van der Waals surface area (Å²) in [4.78, 5) is 11.2. The SMILES string of the molecule is C=C(CNc1cc(-c2ccc(OC(F)(F)F)cc2)c2c(c1C#N)CCO2)C(N)=O. The zero-order valence-electron chi connectivity index (χ0n) is 15.1. The molecule has 0 fully saturated rings. The number of anilines is 1. The fourth-order valence-electron chi connectivity index (χ4n) is 2.99. The van der Waals surface area contributed by atoms with E-state index in [4.69, 9.17) is 10.5 Å². The van der Waals surface area contributed by atoms with E-state index in [1.807, 2.05) is 0 Å². The van der Waals surface area contributed by atoms with E-state index in [2.05, 4.69) is 22.7 Å². The van der Waals surface area contributed by atoms with Crippen molar-refractivity contribution in [1.29, 1.82) is 5.26 Å². The molecule has 1 heterocycles. The number of nitrogens with one attached hydrogen (secondary N) is 1. The second-order valence-electron chi connectivity index (χ2n) is 6.26. The van der Waals surface area contributed by atoms with Gasteiger partial charge in [0, 0.05) is 29.7 Å². The molecule has 9 heteroatoms. The molecule has 2 aromatic carbocycles. The molecule has 3 N–H and O–H groups in total. The Bertz CT molecular complexity index is 1010. The number of halogens is 3. The first-order chi connectivity index (χ1) is 13.7. The second-order valence-corrected chi connectivity index (χ2v) is 6.26. The van der Waals surface area contributed by atoms with Crippen molar-refractivity contribution in [3.05, 3.63) is 53.6 Å². The van der Waals surface area contributed by atoms with Crippen molar-refractivity contribution in [3.8, 4) is 28.7 Å². The van der Waals surface area contributed by atoms with Crippen LogP contribution in [0.2, 0.25) is 0 Å². The molecule has 0 radical (unpaired) electrons. The van der Waals surface area contributed by atoms with Crippen LogP contribution in [0, 0.1) is 11.3 Å². The first-order valence-electron chi connectivity index (χ1n) is 8.50. The average Bonchev–Trinajstić information content (AvgIpc) is 3.14. The van der Waals surface area contributed by atoms with Crippen LogP contribution in [0.5, 0.6) is 11.5 Å². The number of ether oxygens (including phenoxy) is 2. The van der Waals surface area contributed by atoms with Crippen molar-refractivity contribution in [2.75, 3.05) is 18.5 Å². The fraction of sp³-hybridized carbons (Fsp3) is 0.200. The number of carbonyl (C=O) groups excluding carboxylic acids is 1. The Morgan fingerprint density at radius 3 is 2.62 bits per heavy atom. The van der Waals surface area contributed by atoms with Gasteiger partial charge in [0.1, 0.15) is 17.6 Å². The second kappa shape index (κ2) is 7.75. The summed E-state index contributed by atoms with van der Waals surface area (Å²) in [5, 5.41) is 12.6. The summed E-state index contributed by atoms with van der Waals surface area (Å²) in [5.74, 6) is -0.505. The number of hydrogen-bond acceptors (Lipinski definition) is 5. The monoisotopic (exact) mass is 403 g/mol. The maximum absolute atomic E-state index is 12.4. The van der Waals surface area contributed by atoms with Gasteiger partial charge in [-0.15, -0.1) is 13.2 Å². The molecule has 0 atom stereocenters. The van der Waals surface area contributed by atoms with Gasteiger partial charge >= 0.3 is 6.36 Å². The Morgan fingerprint density at radius 2 is 2.03 bits per heavy atom. The lowest BCUT2D eigenvalue weighted by Crippen LogP contribution is -2.19. The van der Waals surface area contributed by atoms with Crippen LogP contribution in [-0.4, -0.2) is 25.4 Å². The number of amides is 1. The first-order valence-corrected chi connectivity index (χ1v) is 8.50. The molecule has 0 spiro atoms. The van der Waals surface area contributed by atoms with Crippen molar-refractivity contribution in [2.24, 2.45) is 5.73 Å². The molecule has 3 rings (SSSR count). The highest BCUT2D eigenvalue weighted by Crippen LogP contribution is 2.42. The average molecular weight is 403 g/mol. The van der Waals surface area contributed by atoms with Gasteiger partial charge < -0.3 is 20.5 Å². The minimum absolute atomic E-state index is 0.0431. The lowest BCUT2D eigenvalue weighted by Gasteiger charge is -2.16. The lowest BCUT2D eigenvalue weighted by molar-refractivity contribution is -0.274. The highest BCUT2D eigenvalue weighted by Gasteiger charge is 2.31. The predicted octanol–water partition coefficient (Wildman–Crippen LogP) is 3.51. The van der Waals surface area contributed by atoms with Crippen LogP contribution in [0.15, 0.2) is 42.5 Å². The molecular formula is C20H16F3N3O3. The van der Waals surface area contributed by atoms with Crippen LogP contribution in [-0.2, 0) is 11.2 Å². The summed E-state index contributed by atoms with van der Waals surface area (Å²) in [6.07, 6.45) is -4.27. The zero-order valence-corrected chi connectivity index (χ0v) is 15.1. The van der Waals surface area contributed by atoms with Gasteiger partial charge in [-0.1, -0.05) is 18.7 Å². The molecule has 0 aromatic heterocycles. The van der Waals surface area contributed by atoms with Gasteiger partial charge in [-0.3, -0.25) is 4.79 Å². The third-order valence-electron chi connectivity index (χ3n) is 4.33. The van der Waals surface area contributed by atoms with E-state index in [0.717, 1.165) is 0 Å². The number of nitrogens with zero attached hydrogens (tertiary/aromatic N) is 1. The maximum Gasteiger partial charge on any atom is 0.573 e. The first kappa shape index (κ1) is 20.1. The Kier molecular flexibility index (Phi) is 5.37.